The van der Waals surface area contributed by atoms with Gasteiger partial charge in [0.2, 0.25) is 0 Å². The molecule has 0 spiro atoms. The SMILES string of the molecule is CC1(C)c2ccc(OCCN3CCS(=O)(=O)CC3)cc2Nc2cccc(Cl)c21. The van der Waals surface area contributed by atoms with Crippen LogP contribution in [0.2, 0.25) is 5.02 Å². The maximum absolute atomic E-state index is 11.5. The molecule has 5 nitrogen and oxygen atoms in total. The van der Waals surface area contributed by atoms with Crippen LogP contribution in [0.4, 0.5) is 11.4 Å². The Morgan fingerprint density at radius 1 is 1.14 bits per heavy atom. The number of nitrogens with zero attached hydrogens (tertiary/aromatic N) is 1. The number of hydrogen-bond donors (Lipinski definition) is 1. The molecule has 1 saturated heterocycles. The van der Waals surface area contributed by atoms with E-state index in [1.807, 2.05) is 30.3 Å². The van der Waals surface area contributed by atoms with Gasteiger partial charge in [-0.05, 0) is 23.8 Å². The number of rotatable bonds is 4. The lowest BCUT2D eigenvalue weighted by Crippen LogP contribution is -2.42. The van der Waals surface area contributed by atoms with E-state index in [1.54, 1.807) is 0 Å². The first kappa shape index (κ1) is 19.6. The second-order valence-corrected chi connectivity index (χ2v) is 10.7. The summed E-state index contributed by atoms with van der Waals surface area (Å²) in [5, 5.41) is 4.25. The predicted molar refractivity (Wildman–Crippen MR) is 114 cm³/mol. The number of ether oxygens (including phenoxy) is 1. The summed E-state index contributed by atoms with van der Waals surface area (Å²) in [5.74, 6) is 1.29. The van der Waals surface area contributed by atoms with Crippen LogP contribution in [-0.4, -0.2) is 51.1 Å². The molecule has 150 valence electrons. The summed E-state index contributed by atoms with van der Waals surface area (Å²) >= 11 is 6.48. The van der Waals surface area contributed by atoms with E-state index in [0.29, 0.717) is 19.7 Å². The molecule has 1 fully saturated rings. The summed E-state index contributed by atoms with van der Waals surface area (Å²) in [6.45, 7) is 6.80. The van der Waals surface area contributed by atoms with Gasteiger partial charge in [0.15, 0.2) is 9.84 Å². The number of sulfone groups is 1. The smallest absolute Gasteiger partial charge is 0.152 e. The highest BCUT2D eigenvalue weighted by atomic mass is 35.5. The van der Waals surface area contributed by atoms with Gasteiger partial charge in [0.1, 0.15) is 12.4 Å². The number of anilines is 2. The van der Waals surface area contributed by atoms with Crippen LogP contribution in [0.15, 0.2) is 36.4 Å². The Bertz CT molecular complexity index is 991. The normalized spacial score (nSPS) is 20.0. The molecule has 2 aromatic rings. The Morgan fingerprint density at radius 3 is 2.64 bits per heavy atom. The summed E-state index contributed by atoms with van der Waals surface area (Å²) in [6.07, 6.45) is 0. The number of fused-ring (bicyclic) bond motifs is 2. The van der Waals surface area contributed by atoms with Crippen LogP contribution in [-0.2, 0) is 15.3 Å². The summed E-state index contributed by atoms with van der Waals surface area (Å²) in [4.78, 5) is 2.14. The van der Waals surface area contributed by atoms with Crippen molar-refractivity contribution in [3.63, 3.8) is 0 Å². The molecule has 2 aliphatic heterocycles. The molecule has 2 aromatic carbocycles. The third-order valence-corrected chi connectivity index (χ3v) is 7.61. The fourth-order valence-corrected chi connectivity index (χ4v) is 5.76. The van der Waals surface area contributed by atoms with Crippen molar-refractivity contribution in [3.05, 3.63) is 52.5 Å². The summed E-state index contributed by atoms with van der Waals surface area (Å²) in [6, 6.07) is 12.0. The Balaban J connectivity index is 1.45. The molecular weight excluding hydrogens is 396 g/mol. The summed E-state index contributed by atoms with van der Waals surface area (Å²) in [7, 11) is -2.84. The quantitative estimate of drug-likeness (QED) is 0.814. The second-order valence-electron chi connectivity index (χ2n) is 7.96. The van der Waals surface area contributed by atoms with Crippen molar-refractivity contribution < 1.29 is 13.2 Å². The van der Waals surface area contributed by atoms with E-state index < -0.39 is 9.84 Å². The largest absolute Gasteiger partial charge is 0.492 e. The molecule has 0 bridgehead atoms. The zero-order chi connectivity index (χ0) is 19.9. The Labute approximate surface area is 171 Å². The third-order valence-electron chi connectivity index (χ3n) is 5.69. The van der Waals surface area contributed by atoms with E-state index in [2.05, 4.69) is 30.1 Å². The van der Waals surface area contributed by atoms with Crippen molar-refractivity contribution in [2.45, 2.75) is 19.3 Å². The molecule has 0 aromatic heterocycles. The van der Waals surface area contributed by atoms with Crippen molar-refractivity contribution in [2.75, 3.05) is 43.1 Å². The van der Waals surface area contributed by atoms with E-state index in [4.69, 9.17) is 16.3 Å². The third kappa shape index (κ3) is 3.73. The van der Waals surface area contributed by atoms with E-state index in [-0.39, 0.29) is 16.9 Å². The average Bonchev–Trinajstić information content (AvgIpc) is 2.62. The molecule has 2 heterocycles. The average molecular weight is 421 g/mol. The van der Waals surface area contributed by atoms with Gasteiger partial charge in [-0.3, -0.25) is 4.90 Å². The number of benzene rings is 2. The fraction of sp³-hybridized carbons (Fsp3) is 0.429. The van der Waals surface area contributed by atoms with Gasteiger partial charge in [-0.1, -0.05) is 37.6 Å². The predicted octanol–water partition coefficient (Wildman–Crippen LogP) is 3.83. The molecule has 1 N–H and O–H groups in total. The first-order valence-electron chi connectivity index (χ1n) is 9.52. The Kier molecular flexibility index (Phi) is 5.06. The molecule has 0 saturated carbocycles. The van der Waals surface area contributed by atoms with Crippen LogP contribution in [0.5, 0.6) is 5.75 Å². The van der Waals surface area contributed by atoms with Gasteiger partial charge in [0, 0.05) is 53.1 Å². The molecule has 28 heavy (non-hydrogen) atoms. The van der Waals surface area contributed by atoms with Crippen LogP contribution in [0.1, 0.15) is 25.0 Å². The lowest BCUT2D eigenvalue weighted by molar-refractivity contribution is 0.219. The lowest BCUT2D eigenvalue weighted by atomic mass is 9.74. The topological polar surface area (TPSA) is 58.6 Å². The Morgan fingerprint density at radius 2 is 1.89 bits per heavy atom. The molecule has 0 aliphatic carbocycles. The van der Waals surface area contributed by atoms with Crippen molar-refractivity contribution in [3.8, 4) is 5.75 Å². The molecule has 0 unspecified atom stereocenters. The van der Waals surface area contributed by atoms with Gasteiger partial charge in [0.25, 0.3) is 0 Å². The van der Waals surface area contributed by atoms with Gasteiger partial charge in [-0.15, -0.1) is 0 Å². The van der Waals surface area contributed by atoms with Crippen molar-refractivity contribution >= 4 is 32.8 Å². The van der Waals surface area contributed by atoms with E-state index in [1.165, 1.54) is 5.56 Å². The molecule has 0 radical (unpaired) electrons. The molecule has 0 atom stereocenters. The van der Waals surface area contributed by atoms with E-state index in [0.717, 1.165) is 34.3 Å². The van der Waals surface area contributed by atoms with Crippen molar-refractivity contribution in [1.29, 1.82) is 0 Å². The number of hydrogen-bond acceptors (Lipinski definition) is 5. The molecule has 2 aliphatic rings. The van der Waals surface area contributed by atoms with Crippen LogP contribution < -0.4 is 10.1 Å². The second kappa shape index (κ2) is 7.25. The molecule has 4 rings (SSSR count). The van der Waals surface area contributed by atoms with Crippen molar-refractivity contribution in [2.24, 2.45) is 0 Å². The number of nitrogens with one attached hydrogen (secondary N) is 1. The first-order chi connectivity index (χ1) is 13.3. The molecule has 0 amide bonds. The first-order valence-corrected chi connectivity index (χ1v) is 11.7. The maximum Gasteiger partial charge on any atom is 0.152 e. The van der Waals surface area contributed by atoms with Crippen LogP contribution in [0.25, 0.3) is 0 Å². The zero-order valence-electron chi connectivity index (χ0n) is 16.2. The minimum absolute atomic E-state index is 0.202. The summed E-state index contributed by atoms with van der Waals surface area (Å²) in [5.41, 5.74) is 4.14. The monoisotopic (exact) mass is 420 g/mol. The minimum atomic E-state index is -2.84. The molecule has 7 heteroatoms. The highest BCUT2D eigenvalue weighted by molar-refractivity contribution is 7.91. The number of halogens is 1. The van der Waals surface area contributed by atoms with Crippen molar-refractivity contribution in [1.82, 2.24) is 4.90 Å². The standard InChI is InChI=1S/C21H25ClN2O3S/c1-21(2)16-7-6-15(27-11-8-24-9-12-28(25,26)13-10-24)14-19(16)23-18-5-3-4-17(22)20(18)21/h3-7,14,23H,8-13H2,1-2H3. The van der Waals surface area contributed by atoms with E-state index in [9.17, 15) is 8.42 Å². The van der Waals surface area contributed by atoms with Crippen LogP contribution in [0, 0.1) is 0 Å². The van der Waals surface area contributed by atoms with Gasteiger partial charge >= 0.3 is 0 Å². The minimum Gasteiger partial charge on any atom is -0.492 e. The van der Waals surface area contributed by atoms with Gasteiger partial charge in [-0.2, -0.15) is 0 Å². The van der Waals surface area contributed by atoms with Crippen LogP contribution in [0.3, 0.4) is 0 Å². The highest BCUT2D eigenvalue weighted by Gasteiger charge is 2.34. The fourth-order valence-electron chi connectivity index (χ4n) is 4.07. The van der Waals surface area contributed by atoms with Gasteiger partial charge in [0.05, 0.1) is 11.5 Å². The van der Waals surface area contributed by atoms with Gasteiger partial charge in [-0.25, -0.2) is 8.42 Å². The summed E-state index contributed by atoms with van der Waals surface area (Å²) < 4.78 is 29.0. The Hall–Kier alpha value is -1.76. The maximum atomic E-state index is 11.5. The molecular formula is C21H25ClN2O3S. The zero-order valence-corrected chi connectivity index (χ0v) is 17.7. The van der Waals surface area contributed by atoms with Crippen LogP contribution >= 0.6 is 11.6 Å². The van der Waals surface area contributed by atoms with Gasteiger partial charge < -0.3 is 10.1 Å². The van der Waals surface area contributed by atoms with E-state index >= 15 is 0 Å². The lowest BCUT2D eigenvalue weighted by Gasteiger charge is -2.36. The highest BCUT2D eigenvalue weighted by Crippen LogP contribution is 2.48.